The first-order valence-electron chi connectivity index (χ1n) is 42.4. The lowest BCUT2D eigenvalue weighted by Crippen LogP contribution is -2.44. The molecule has 8 aliphatic carbocycles. The lowest BCUT2D eigenvalue weighted by Gasteiger charge is -2.20. The van der Waals surface area contributed by atoms with Gasteiger partial charge in [0.15, 0.2) is 0 Å². The highest BCUT2D eigenvalue weighted by atomic mass is 35.5. The highest BCUT2D eigenvalue weighted by Crippen LogP contribution is 2.40. The molecule has 0 aromatic heterocycles. The molecule has 8 unspecified atom stereocenters. The molecule has 0 spiro atoms. The van der Waals surface area contributed by atoms with Crippen molar-refractivity contribution in [2.45, 2.75) is 178 Å². The average Bonchev–Trinajstić information content (AvgIpc) is 1.66. The van der Waals surface area contributed by atoms with Crippen molar-refractivity contribution in [1.29, 1.82) is 0 Å². The van der Waals surface area contributed by atoms with E-state index in [1.165, 1.54) is 62.2 Å². The fourth-order valence-corrected chi connectivity index (χ4v) is 16.4. The zero-order chi connectivity index (χ0) is 95.1. The smallest absolute Gasteiger partial charge is 0.323 e. The number of aryl methyl sites for hydroxylation is 3. The summed E-state index contributed by atoms with van der Waals surface area (Å²) in [5.41, 5.74) is 73.3. The first-order valence-corrected chi connectivity index (χ1v) is 42.7. The van der Waals surface area contributed by atoms with Crippen LogP contribution in [0.25, 0.3) is 44.6 Å². The molecular formula is C102H130ClFN8O18S8. The van der Waals surface area contributed by atoms with Crippen LogP contribution in [0.5, 0.6) is 11.5 Å². The van der Waals surface area contributed by atoms with Gasteiger partial charge in [-0.05, 0) is 317 Å². The van der Waals surface area contributed by atoms with E-state index in [-0.39, 0.29) is 120 Å². The highest BCUT2D eigenvalue weighted by molar-refractivity contribution is 7.60. The van der Waals surface area contributed by atoms with Crippen LogP contribution in [0.4, 0.5) is 4.39 Å². The van der Waals surface area contributed by atoms with Crippen molar-refractivity contribution in [3.8, 4) is 11.5 Å². The number of rotatable bonds is 26. The number of nitrogens with two attached hydrogens (primary N) is 8. The number of methoxy groups -OCH3 is 2. The molecule has 138 heavy (non-hydrogen) atoms. The minimum Gasteiger partial charge on any atom is -0.497 e. The molecule has 0 heterocycles. The number of benzene rings is 8. The number of carboxylic acid groups (broad SMARTS) is 8. The van der Waals surface area contributed by atoms with Gasteiger partial charge in [0.2, 0.25) is 0 Å². The molecule has 16 rings (SSSR count). The van der Waals surface area contributed by atoms with E-state index >= 15 is 0 Å². The van der Waals surface area contributed by atoms with Crippen LogP contribution in [0.3, 0.4) is 0 Å². The van der Waals surface area contributed by atoms with E-state index in [0.29, 0.717) is 50.0 Å². The van der Waals surface area contributed by atoms with E-state index in [1.807, 2.05) is 134 Å². The molecule has 0 radical (unpaired) electrons. The monoisotopic (exact) mass is 2060 g/mol. The topological polar surface area (TPSA) is 525 Å². The second kappa shape index (κ2) is 58.7. The van der Waals surface area contributed by atoms with Crippen molar-refractivity contribution in [3.63, 3.8) is 0 Å². The summed E-state index contributed by atoms with van der Waals surface area (Å²) in [4.78, 5) is 85.9. The molecule has 0 saturated heterocycles. The molecule has 0 saturated carbocycles. The summed E-state index contributed by atoms with van der Waals surface area (Å²) in [7, 11) is 3.24. The Morgan fingerprint density at radius 2 is 0.645 bits per heavy atom. The van der Waals surface area contributed by atoms with Crippen LogP contribution < -0.4 is 55.3 Å². The Hall–Kier alpha value is -10.3. The number of allylic oxidation sites excluding steroid dienone is 8. The van der Waals surface area contributed by atoms with Gasteiger partial charge < -0.3 is 96.2 Å². The van der Waals surface area contributed by atoms with Crippen molar-refractivity contribution >= 4 is 212 Å². The Bertz CT molecular complexity index is 5800. The highest BCUT2D eigenvalue weighted by Gasteiger charge is 2.32. The molecule has 8 aliphatic rings. The van der Waals surface area contributed by atoms with Crippen LogP contribution in [-0.2, 0) is 89.7 Å². The van der Waals surface area contributed by atoms with Crippen molar-refractivity contribution in [3.05, 3.63) is 317 Å². The Labute approximate surface area is 865 Å². The van der Waals surface area contributed by atoms with E-state index < -0.39 is 95.6 Å². The van der Waals surface area contributed by atoms with Crippen LogP contribution in [-0.4, -0.2) is 151 Å². The number of carbonyl (C=O) groups is 8. The van der Waals surface area contributed by atoms with Gasteiger partial charge in [0.05, 0.1) is 14.2 Å². The first kappa shape index (κ1) is 126. The zero-order valence-corrected chi connectivity index (χ0v) is 86.2. The van der Waals surface area contributed by atoms with Gasteiger partial charge in [-0.3, -0.25) is 38.4 Å². The van der Waals surface area contributed by atoms with Gasteiger partial charge in [0.1, 0.15) is 65.1 Å². The largest absolute Gasteiger partial charge is 0.497 e. The molecule has 748 valence electrons. The van der Waals surface area contributed by atoms with Crippen molar-refractivity contribution in [2.75, 3.05) is 14.2 Å². The van der Waals surface area contributed by atoms with Gasteiger partial charge in [-0.2, -0.15) is 108 Å². The summed E-state index contributed by atoms with van der Waals surface area (Å²) < 4.78 is 23.4. The molecule has 8 atom stereocenters. The van der Waals surface area contributed by atoms with E-state index in [1.54, 1.807) is 27.2 Å². The zero-order valence-electron chi connectivity index (χ0n) is 77.4. The van der Waals surface area contributed by atoms with Crippen LogP contribution in [0, 0.1) is 26.6 Å². The second-order valence-corrected chi connectivity index (χ2v) is 33.5. The van der Waals surface area contributed by atoms with Crippen molar-refractivity contribution in [1.82, 2.24) is 0 Å². The summed E-state index contributed by atoms with van der Waals surface area (Å²) >= 11 is 5.89. The van der Waals surface area contributed by atoms with Gasteiger partial charge in [-0.1, -0.05) is 169 Å². The molecule has 0 bridgehead atoms. The molecule has 8 aromatic rings. The maximum absolute atomic E-state index is 13.1. The van der Waals surface area contributed by atoms with E-state index in [4.69, 9.17) is 108 Å². The molecule has 0 fully saturated rings. The summed E-state index contributed by atoms with van der Waals surface area (Å²) in [6.45, 7) is 7.73. The second-order valence-electron chi connectivity index (χ2n) is 33.1. The number of ether oxygens (including phenoxy) is 2. The fraction of sp³-hybridized carbons (Fsp3) is 0.294. The number of fused-ring (bicyclic) bond motifs is 8. The lowest BCUT2D eigenvalue weighted by molar-refractivity contribution is -0.143. The molecule has 0 amide bonds. The van der Waals surface area contributed by atoms with Crippen molar-refractivity contribution < 1.29 is 93.1 Å². The van der Waals surface area contributed by atoms with Gasteiger partial charge >= 0.3 is 47.8 Å². The van der Waals surface area contributed by atoms with E-state index in [0.717, 1.165) is 163 Å². The number of aliphatic carboxylic acids is 8. The first-order chi connectivity index (χ1) is 61.6. The van der Waals surface area contributed by atoms with Crippen LogP contribution in [0.15, 0.2) is 200 Å². The number of hydrogen-bond donors (Lipinski definition) is 16. The number of carboxylic acids is 8. The minimum atomic E-state index is -1.19. The molecule has 36 heteroatoms. The normalized spacial score (nSPS) is 14.7. The molecule has 0 aliphatic heterocycles. The van der Waals surface area contributed by atoms with E-state index in [2.05, 4.69) is 68.5 Å². The molecule has 26 nitrogen and oxygen atoms in total. The Kier molecular flexibility index (Phi) is 53.5. The van der Waals surface area contributed by atoms with E-state index in [9.17, 15) is 42.7 Å². The van der Waals surface area contributed by atoms with Gasteiger partial charge in [-0.25, -0.2) is 4.39 Å². The minimum absolute atomic E-state index is 0. The molecule has 24 N–H and O–H groups in total. The van der Waals surface area contributed by atoms with Crippen LogP contribution in [0.1, 0.15) is 164 Å². The Morgan fingerprint density at radius 1 is 0.333 bits per heavy atom. The number of hydrogen-bond acceptors (Lipinski definition) is 18. The summed E-state index contributed by atoms with van der Waals surface area (Å²) in [6, 6.07) is 42.5. The standard InChI is InChI=1S/2C13H15NO3.4C13H15NO2.C12H12ClNO2.C12H12FNO2.8H2S/c1-17-10-4-5-11-8(6-10)2-3-9(11)7-12(14)13(15)16;1-17-10-5-4-8-2-3-9(11(8)7-10)6-12(14)13(15)16;1-8-2-5-11-9(6-8)3-4-10(11)7-12(14)13(15)16;1-8-3-2-4-11-9(5-6-10(8)11)7-12(14)13(15)16;1-8-3-2-4-9-5-6-10(12(8)9)7-11(14)13(15)16;1-13(14,12(15)16)8-10-7-6-9-4-2-3-5-11(9)10;13-9-3-4-10-7(5-9)1-2-8(10)6-11(14)12(15)16;13-9-4-3-7-1-2-8(10(7)6-9)5-11(14)12(15)16;;;;;;;;/h3-6,12H,2,7,14H2,1H3,(H,15,16);3-5,7,12H,2,6,14H2,1H3,(H,15,16);2,4-6,12H,3,7,14H2,1H3,(H,15,16);2-5,12H,6-7,14H2,1H3,(H,15,16);2-4,6,11H,5,7,14H2,1H3,(H,15,16);2-5,7H,6,8,14H2,1H3,(H,15,16);2-5,11H,1,6,14H2,(H,15,16);2-4,6,11H,1,5,14H2,(H,15,16);8*1H2. The maximum atomic E-state index is 13.1. The summed E-state index contributed by atoms with van der Waals surface area (Å²) in [6.07, 6.45) is 26.0. The average molecular weight is 2070 g/mol. The van der Waals surface area contributed by atoms with Gasteiger partial charge in [0, 0.05) is 11.4 Å². The lowest BCUT2D eigenvalue weighted by atomic mass is 9.91. The predicted molar refractivity (Wildman–Crippen MR) is 587 cm³/mol. The van der Waals surface area contributed by atoms with Gasteiger partial charge in [0.25, 0.3) is 0 Å². The Morgan fingerprint density at radius 3 is 1.10 bits per heavy atom. The third-order valence-electron chi connectivity index (χ3n) is 23.4. The fourth-order valence-electron chi connectivity index (χ4n) is 16.2. The van der Waals surface area contributed by atoms with Gasteiger partial charge in [-0.15, -0.1) is 0 Å². The maximum Gasteiger partial charge on any atom is 0.323 e. The molecule has 8 aromatic carbocycles. The number of halogens is 2. The predicted octanol–water partition coefficient (Wildman–Crippen LogP) is 14.5. The van der Waals surface area contributed by atoms with Crippen molar-refractivity contribution in [2.24, 2.45) is 45.9 Å². The summed E-state index contributed by atoms with van der Waals surface area (Å²) in [5, 5.41) is 71.2. The van der Waals surface area contributed by atoms with Crippen LogP contribution >= 0.6 is 120 Å². The Balaban J connectivity index is 0.000000782. The third-order valence-corrected chi connectivity index (χ3v) is 23.7. The third kappa shape index (κ3) is 34.9. The SMILES string of the molecule is CC(N)(CC1=CCc2ccccc21)C(=O)O.COc1ccc2c(c1)C(CC(N)C(=O)O)=CC2.COc1ccc2c(c1)CC=C2CC(N)C(=O)O.Cc1ccc2c(c1)CC=C2CC(N)C(=O)O.Cc1cccc2c1C(CC(N)C(=O)O)=CC2.Cc1cccc2c1CC=C2CC(N)C(=O)O.NC(CC1=CCc2cc(Cl)ccc21)C(=O)O.NC(CC1=CCc2ccc(F)cc21)C(=O)O.S.S.S.S.S.S.S.S. The quantitative estimate of drug-likeness (QED) is 0.0239. The van der Waals surface area contributed by atoms with Crippen LogP contribution in [0.2, 0.25) is 5.02 Å². The molecular weight excluding hydrogens is 1940 g/mol. The summed E-state index contributed by atoms with van der Waals surface area (Å²) in [5.74, 6) is -6.44.